The predicted octanol–water partition coefficient (Wildman–Crippen LogP) is 1.71. The molecule has 3 rings (SSSR count). The predicted molar refractivity (Wildman–Crippen MR) is 94.5 cm³/mol. The highest BCUT2D eigenvalue weighted by atomic mass is 16.5. The number of piperidine rings is 1. The van der Waals surface area contributed by atoms with Crippen molar-refractivity contribution in [1.82, 2.24) is 10.2 Å². The Bertz CT molecular complexity index is 597. The zero-order chi connectivity index (χ0) is 17.7. The number of amides is 1. The molecular weight excluding hydrogens is 320 g/mol. The van der Waals surface area contributed by atoms with Gasteiger partial charge in [0.2, 0.25) is 5.91 Å². The molecule has 0 bridgehead atoms. The van der Waals surface area contributed by atoms with Crippen molar-refractivity contribution < 1.29 is 19.0 Å². The summed E-state index contributed by atoms with van der Waals surface area (Å²) in [4.78, 5) is 14.3. The van der Waals surface area contributed by atoms with Gasteiger partial charge in [0, 0.05) is 38.9 Å². The van der Waals surface area contributed by atoms with E-state index < -0.39 is 0 Å². The van der Waals surface area contributed by atoms with Gasteiger partial charge in [0.1, 0.15) is 5.75 Å². The zero-order valence-electron chi connectivity index (χ0n) is 15.2. The minimum atomic E-state index is -0.266. The Morgan fingerprint density at radius 1 is 1.28 bits per heavy atom. The maximum Gasteiger partial charge on any atom is 0.222 e. The van der Waals surface area contributed by atoms with Gasteiger partial charge in [-0.2, -0.15) is 0 Å². The Morgan fingerprint density at radius 2 is 2.08 bits per heavy atom. The van der Waals surface area contributed by atoms with E-state index in [0.29, 0.717) is 26.2 Å². The molecule has 1 N–H and O–H groups in total. The summed E-state index contributed by atoms with van der Waals surface area (Å²) in [6.45, 7) is 4.56. The van der Waals surface area contributed by atoms with Crippen LogP contribution in [0, 0.1) is 0 Å². The molecule has 2 saturated heterocycles. The maximum atomic E-state index is 11.9. The Hall–Kier alpha value is -1.63. The van der Waals surface area contributed by atoms with E-state index in [1.807, 2.05) is 6.07 Å². The van der Waals surface area contributed by atoms with Crippen LogP contribution in [-0.2, 0) is 27.4 Å². The van der Waals surface area contributed by atoms with Crippen LogP contribution in [0.2, 0.25) is 0 Å². The van der Waals surface area contributed by atoms with Gasteiger partial charge in [-0.3, -0.25) is 9.69 Å². The summed E-state index contributed by atoms with van der Waals surface area (Å²) in [5.74, 6) is 0.978. The minimum Gasteiger partial charge on any atom is -0.496 e. The standard InChI is InChI=1S/C19H28N2O4/c1-23-14-16-11-15(3-4-17(16)24-2)13-21-8-5-19(6-9-21)12-18(22)20-7-10-25-19/h3-4,11H,5-10,12-14H2,1-2H3,(H,20,22). The lowest BCUT2D eigenvalue weighted by Gasteiger charge is -2.40. The zero-order valence-corrected chi connectivity index (χ0v) is 15.2. The van der Waals surface area contributed by atoms with Gasteiger partial charge in [-0.25, -0.2) is 0 Å². The number of ether oxygens (including phenoxy) is 3. The van der Waals surface area contributed by atoms with Crippen molar-refractivity contribution in [2.45, 2.75) is 38.0 Å². The molecule has 1 amide bonds. The van der Waals surface area contributed by atoms with Crippen molar-refractivity contribution in [3.8, 4) is 5.75 Å². The third kappa shape index (κ3) is 4.51. The first-order chi connectivity index (χ1) is 12.1. The number of nitrogens with zero attached hydrogens (tertiary/aromatic N) is 1. The molecule has 0 saturated carbocycles. The summed E-state index contributed by atoms with van der Waals surface area (Å²) in [6, 6.07) is 6.27. The van der Waals surface area contributed by atoms with Gasteiger partial charge in [-0.1, -0.05) is 6.07 Å². The van der Waals surface area contributed by atoms with Crippen LogP contribution < -0.4 is 10.1 Å². The molecule has 6 nitrogen and oxygen atoms in total. The number of carbonyl (C=O) groups excluding carboxylic acids is 1. The lowest BCUT2D eigenvalue weighted by molar-refractivity contribution is -0.128. The SMILES string of the molecule is COCc1cc(CN2CCC3(CC2)CC(=O)NCCO3)ccc1OC. The van der Waals surface area contributed by atoms with Crippen LogP contribution in [0.25, 0.3) is 0 Å². The smallest absolute Gasteiger partial charge is 0.222 e. The lowest BCUT2D eigenvalue weighted by Crippen LogP contribution is -2.46. The topological polar surface area (TPSA) is 60.0 Å². The highest BCUT2D eigenvalue weighted by Gasteiger charge is 2.38. The van der Waals surface area contributed by atoms with Crippen molar-refractivity contribution in [3.05, 3.63) is 29.3 Å². The molecular formula is C19H28N2O4. The molecule has 0 radical (unpaired) electrons. The highest BCUT2D eigenvalue weighted by Crippen LogP contribution is 2.32. The molecule has 1 spiro atoms. The largest absolute Gasteiger partial charge is 0.496 e. The average molecular weight is 348 g/mol. The molecule has 0 unspecified atom stereocenters. The van der Waals surface area contributed by atoms with Gasteiger partial charge in [-0.05, 0) is 30.5 Å². The Labute approximate surface area is 149 Å². The Morgan fingerprint density at radius 3 is 2.80 bits per heavy atom. The molecule has 6 heteroatoms. The fourth-order valence-electron chi connectivity index (χ4n) is 3.76. The van der Waals surface area contributed by atoms with E-state index in [1.54, 1.807) is 14.2 Å². The fraction of sp³-hybridized carbons (Fsp3) is 0.632. The van der Waals surface area contributed by atoms with E-state index in [4.69, 9.17) is 14.2 Å². The van der Waals surface area contributed by atoms with Gasteiger partial charge in [0.15, 0.2) is 0 Å². The van der Waals surface area contributed by atoms with Crippen LogP contribution in [0.15, 0.2) is 18.2 Å². The molecule has 0 aliphatic carbocycles. The first-order valence-corrected chi connectivity index (χ1v) is 8.92. The summed E-state index contributed by atoms with van der Waals surface area (Å²) in [6.07, 6.45) is 2.30. The second-order valence-corrected chi connectivity index (χ2v) is 6.91. The fourth-order valence-corrected chi connectivity index (χ4v) is 3.76. The van der Waals surface area contributed by atoms with E-state index in [-0.39, 0.29) is 11.5 Å². The number of rotatable bonds is 5. The van der Waals surface area contributed by atoms with Crippen molar-refractivity contribution in [1.29, 1.82) is 0 Å². The number of hydrogen-bond acceptors (Lipinski definition) is 5. The number of hydrogen-bond donors (Lipinski definition) is 1. The van der Waals surface area contributed by atoms with Gasteiger partial charge >= 0.3 is 0 Å². The summed E-state index contributed by atoms with van der Waals surface area (Å²) in [5, 5.41) is 2.89. The van der Waals surface area contributed by atoms with E-state index in [9.17, 15) is 4.79 Å². The van der Waals surface area contributed by atoms with Crippen molar-refractivity contribution >= 4 is 5.91 Å². The monoisotopic (exact) mass is 348 g/mol. The Kier molecular flexibility index (Phi) is 5.93. The van der Waals surface area contributed by atoms with Crippen LogP contribution in [0.3, 0.4) is 0 Å². The second-order valence-electron chi connectivity index (χ2n) is 6.91. The molecule has 2 heterocycles. The maximum absolute atomic E-state index is 11.9. The van der Waals surface area contributed by atoms with Gasteiger partial charge in [0.05, 0.1) is 32.3 Å². The highest BCUT2D eigenvalue weighted by molar-refractivity contribution is 5.77. The van der Waals surface area contributed by atoms with Crippen molar-refractivity contribution in [3.63, 3.8) is 0 Å². The van der Waals surface area contributed by atoms with Crippen molar-refractivity contribution in [2.24, 2.45) is 0 Å². The van der Waals surface area contributed by atoms with E-state index >= 15 is 0 Å². The summed E-state index contributed by atoms with van der Waals surface area (Å²) >= 11 is 0. The summed E-state index contributed by atoms with van der Waals surface area (Å²) in [7, 11) is 3.38. The minimum absolute atomic E-state index is 0.116. The van der Waals surface area contributed by atoms with Gasteiger partial charge in [-0.15, -0.1) is 0 Å². The molecule has 25 heavy (non-hydrogen) atoms. The van der Waals surface area contributed by atoms with Gasteiger partial charge < -0.3 is 19.5 Å². The van der Waals surface area contributed by atoms with Crippen LogP contribution in [-0.4, -0.2) is 56.9 Å². The number of likely N-dealkylation sites (tertiary alicyclic amines) is 1. The molecule has 2 aliphatic rings. The van der Waals surface area contributed by atoms with Crippen molar-refractivity contribution in [2.75, 3.05) is 40.5 Å². The molecule has 2 fully saturated rings. The molecule has 1 aromatic rings. The van der Waals surface area contributed by atoms with Gasteiger partial charge in [0.25, 0.3) is 0 Å². The van der Waals surface area contributed by atoms with E-state index in [2.05, 4.69) is 22.3 Å². The molecule has 2 aliphatic heterocycles. The molecule has 0 atom stereocenters. The van der Waals surface area contributed by atoms with Crippen LogP contribution >= 0.6 is 0 Å². The van der Waals surface area contributed by atoms with Crippen LogP contribution in [0.5, 0.6) is 5.75 Å². The quantitative estimate of drug-likeness (QED) is 0.878. The Balaban J connectivity index is 1.60. The van der Waals surface area contributed by atoms with Crippen LogP contribution in [0.4, 0.5) is 0 Å². The third-order valence-electron chi connectivity index (χ3n) is 5.13. The molecule has 0 aromatic heterocycles. The first kappa shape index (κ1) is 18.2. The van der Waals surface area contributed by atoms with Crippen LogP contribution in [0.1, 0.15) is 30.4 Å². The van der Waals surface area contributed by atoms with E-state index in [0.717, 1.165) is 43.8 Å². The van der Waals surface area contributed by atoms with E-state index in [1.165, 1.54) is 5.56 Å². The lowest BCUT2D eigenvalue weighted by atomic mass is 9.87. The number of methoxy groups -OCH3 is 2. The number of carbonyl (C=O) groups is 1. The average Bonchev–Trinajstić information content (AvgIpc) is 2.79. The third-order valence-corrected chi connectivity index (χ3v) is 5.13. The number of nitrogens with one attached hydrogen (secondary N) is 1. The second kappa shape index (κ2) is 8.17. The summed E-state index contributed by atoms with van der Waals surface area (Å²) in [5.41, 5.74) is 2.06. The molecule has 138 valence electrons. The first-order valence-electron chi connectivity index (χ1n) is 8.92. The number of benzene rings is 1. The summed E-state index contributed by atoms with van der Waals surface area (Å²) < 4.78 is 16.7. The molecule has 1 aromatic carbocycles. The normalized spacial score (nSPS) is 21.0.